The van der Waals surface area contributed by atoms with Crippen molar-refractivity contribution >= 4 is 0 Å². The number of aromatic nitrogens is 2. The number of hydrogen-bond acceptors (Lipinski definition) is 3. The van der Waals surface area contributed by atoms with Gasteiger partial charge >= 0.3 is 5.69 Å². The van der Waals surface area contributed by atoms with Gasteiger partial charge in [0, 0.05) is 6.20 Å². The van der Waals surface area contributed by atoms with E-state index in [-0.39, 0.29) is 11.1 Å². The van der Waals surface area contributed by atoms with Crippen LogP contribution in [0.4, 0.5) is 4.39 Å². The number of phenolic OH excluding ortho intramolecular Hbond substituents is 1. The minimum absolute atomic E-state index is 0.124. The van der Waals surface area contributed by atoms with E-state index in [1.54, 1.807) is 0 Å². The van der Waals surface area contributed by atoms with Crippen LogP contribution in [-0.2, 0) is 0 Å². The summed E-state index contributed by atoms with van der Waals surface area (Å²) in [6, 6.07) is 3.52. The molecule has 6 heteroatoms. The summed E-state index contributed by atoms with van der Waals surface area (Å²) in [7, 11) is 0. The first-order valence-corrected chi connectivity index (χ1v) is 4.39. The molecule has 0 atom stereocenters. The molecular weight excluding hydrogens is 215 g/mol. The van der Waals surface area contributed by atoms with Gasteiger partial charge in [0.05, 0.1) is 5.56 Å². The van der Waals surface area contributed by atoms with Crippen LogP contribution < -0.4 is 11.2 Å². The van der Waals surface area contributed by atoms with Gasteiger partial charge in [0.25, 0.3) is 5.56 Å². The third kappa shape index (κ3) is 1.72. The Morgan fingerprint density at radius 1 is 1.25 bits per heavy atom. The number of aromatic hydroxyl groups is 1. The van der Waals surface area contributed by atoms with E-state index in [0.717, 1.165) is 12.1 Å². The molecule has 1 aromatic heterocycles. The number of phenols is 1. The molecule has 2 aromatic rings. The van der Waals surface area contributed by atoms with Gasteiger partial charge in [0.15, 0.2) is 11.6 Å². The minimum Gasteiger partial charge on any atom is -0.505 e. The molecule has 3 N–H and O–H groups in total. The SMILES string of the molecule is O=c1[nH]cc(-c2ccc(O)c(F)c2)c(=O)[nH]1. The van der Waals surface area contributed by atoms with Crippen LogP contribution in [0.15, 0.2) is 34.0 Å². The lowest BCUT2D eigenvalue weighted by Gasteiger charge is -2.01. The number of nitrogens with one attached hydrogen (secondary N) is 2. The number of rotatable bonds is 1. The summed E-state index contributed by atoms with van der Waals surface area (Å²) in [5.41, 5.74) is -0.854. The fraction of sp³-hybridized carbons (Fsp3) is 0. The predicted octanol–water partition coefficient (Wildman–Crippen LogP) is 0.575. The molecule has 1 heterocycles. The fourth-order valence-corrected chi connectivity index (χ4v) is 1.30. The van der Waals surface area contributed by atoms with Crippen molar-refractivity contribution < 1.29 is 9.50 Å². The van der Waals surface area contributed by atoms with Gasteiger partial charge in [-0.05, 0) is 17.7 Å². The molecule has 0 bridgehead atoms. The van der Waals surface area contributed by atoms with Crippen molar-refractivity contribution in [3.63, 3.8) is 0 Å². The van der Waals surface area contributed by atoms with Crippen LogP contribution in [0, 0.1) is 5.82 Å². The zero-order chi connectivity index (χ0) is 11.7. The summed E-state index contributed by atoms with van der Waals surface area (Å²) >= 11 is 0. The smallest absolute Gasteiger partial charge is 0.325 e. The first-order chi connectivity index (χ1) is 7.58. The molecule has 0 fully saturated rings. The Labute approximate surface area is 88.2 Å². The lowest BCUT2D eigenvalue weighted by molar-refractivity contribution is 0.432. The van der Waals surface area contributed by atoms with Crippen molar-refractivity contribution in [1.82, 2.24) is 9.97 Å². The molecule has 0 radical (unpaired) electrons. The summed E-state index contributed by atoms with van der Waals surface area (Å²) in [5, 5.41) is 8.99. The van der Waals surface area contributed by atoms with Crippen LogP contribution in [0.5, 0.6) is 5.75 Å². The van der Waals surface area contributed by atoms with E-state index < -0.39 is 22.8 Å². The van der Waals surface area contributed by atoms with Crippen molar-refractivity contribution in [2.45, 2.75) is 0 Å². The van der Waals surface area contributed by atoms with E-state index >= 15 is 0 Å². The van der Waals surface area contributed by atoms with Crippen molar-refractivity contribution in [3.05, 3.63) is 51.1 Å². The van der Waals surface area contributed by atoms with E-state index in [4.69, 9.17) is 5.11 Å². The lowest BCUT2D eigenvalue weighted by atomic mass is 10.1. The molecule has 0 spiro atoms. The topological polar surface area (TPSA) is 85.9 Å². The Morgan fingerprint density at radius 3 is 2.62 bits per heavy atom. The second kappa shape index (κ2) is 3.65. The van der Waals surface area contributed by atoms with Crippen LogP contribution in [-0.4, -0.2) is 15.1 Å². The van der Waals surface area contributed by atoms with Gasteiger partial charge in [-0.3, -0.25) is 9.78 Å². The van der Waals surface area contributed by atoms with Crippen molar-refractivity contribution in [1.29, 1.82) is 0 Å². The van der Waals surface area contributed by atoms with Gasteiger partial charge in [-0.2, -0.15) is 0 Å². The van der Waals surface area contributed by atoms with E-state index in [2.05, 4.69) is 4.98 Å². The lowest BCUT2D eigenvalue weighted by Crippen LogP contribution is -2.22. The first-order valence-electron chi connectivity index (χ1n) is 4.39. The van der Waals surface area contributed by atoms with Crippen molar-refractivity contribution in [2.75, 3.05) is 0 Å². The van der Waals surface area contributed by atoms with E-state index in [1.165, 1.54) is 12.3 Å². The average Bonchev–Trinajstić information content (AvgIpc) is 2.22. The Hall–Kier alpha value is -2.37. The Balaban J connectivity index is 2.63. The van der Waals surface area contributed by atoms with Crippen LogP contribution >= 0.6 is 0 Å². The molecule has 1 aromatic carbocycles. The van der Waals surface area contributed by atoms with Gasteiger partial charge in [-0.25, -0.2) is 9.18 Å². The summed E-state index contributed by atoms with van der Waals surface area (Å²) < 4.78 is 13.0. The summed E-state index contributed by atoms with van der Waals surface area (Å²) in [6.07, 6.45) is 1.19. The molecule has 0 amide bonds. The van der Waals surface area contributed by atoms with Gasteiger partial charge in [0.1, 0.15) is 0 Å². The maximum atomic E-state index is 13.0. The highest BCUT2D eigenvalue weighted by atomic mass is 19.1. The highest BCUT2D eigenvalue weighted by Crippen LogP contribution is 2.21. The molecular formula is C10H7FN2O3. The number of benzene rings is 1. The normalized spacial score (nSPS) is 10.3. The number of aromatic amines is 2. The molecule has 0 saturated carbocycles. The maximum absolute atomic E-state index is 13.0. The fourth-order valence-electron chi connectivity index (χ4n) is 1.30. The number of H-pyrrole nitrogens is 2. The van der Waals surface area contributed by atoms with Crippen LogP contribution in [0.25, 0.3) is 11.1 Å². The predicted molar refractivity (Wildman–Crippen MR) is 54.7 cm³/mol. The van der Waals surface area contributed by atoms with Gasteiger partial charge in [0.2, 0.25) is 0 Å². The Bertz CT molecular complexity index is 645. The van der Waals surface area contributed by atoms with Crippen LogP contribution in [0.2, 0.25) is 0 Å². The zero-order valence-electron chi connectivity index (χ0n) is 7.95. The standard InChI is InChI=1S/C10H7FN2O3/c11-7-3-5(1-2-8(7)14)6-4-12-10(16)13-9(6)15/h1-4,14H,(H2,12,13,15,16). The Kier molecular flexibility index (Phi) is 2.32. The third-order valence-electron chi connectivity index (χ3n) is 2.08. The zero-order valence-corrected chi connectivity index (χ0v) is 7.95. The van der Waals surface area contributed by atoms with Crippen LogP contribution in [0.1, 0.15) is 0 Å². The largest absolute Gasteiger partial charge is 0.505 e. The molecule has 0 aliphatic rings. The first kappa shape index (κ1) is 10.2. The highest BCUT2D eigenvalue weighted by Gasteiger charge is 2.07. The van der Waals surface area contributed by atoms with Gasteiger partial charge in [-0.15, -0.1) is 0 Å². The minimum atomic E-state index is -0.830. The van der Waals surface area contributed by atoms with Crippen LogP contribution in [0.3, 0.4) is 0 Å². The van der Waals surface area contributed by atoms with E-state index in [9.17, 15) is 14.0 Å². The average molecular weight is 222 g/mol. The van der Waals surface area contributed by atoms with Crippen molar-refractivity contribution in [2.24, 2.45) is 0 Å². The number of halogens is 1. The molecule has 0 aliphatic carbocycles. The monoisotopic (exact) mass is 222 g/mol. The quantitative estimate of drug-likeness (QED) is 0.659. The summed E-state index contributed by atoms with van der Waals surface area (Å²) in [6.45, 7) is 0. The highest BCUT2D eigenvalue weighted by molar-refractivity contribution is 5.62. The molecule has 82 valence electrons. The Morgan fingerprint density at radius 2 is 2.00 bits per heavy atom. The second-order valence-corrected chi connectivity index (χ2v) is 3.15. The molecule has 0 unspecified atom stereocenters. The molecule has 0 aliphatic heterocycles. The third-order valence-corrected chi connectivity index (χ3v) is 2.08. The summed E-state index contributed by atoms with van der Waals surface area (Å²) in [5.74, 6) is -1.33. The summed E-state index contributed by atoms with van der Waals surface area (Å²) in [4.78, 5) is 26.4. The molecule has 0 saturated heterocycles. The molecule has 5 nitrogen and oxygen atoms in total. The second-order valence-electron chi connectivity index (χ2n) is 3.15. The van der Waals surface area contributed by atoms with E-state index in [1.807, 2.05) is 4.98 Å². The maximum Gasteiger partial charge on any atom is 0.325 e. The van der Waals surface area contributed by atoms with Crippen molar-refractivity contribution in [3.8, 4) is 16.9 Å². The number of hydrogen-bond donors (Lipinski definition) is 3. The molecule has 16 heavy (non-hydrogen) atoms. The van der Waals surface area contributed by atoms with Gasteiger partial charge < -0.3 is 10.1 Å². The van der Waals surface area contributed by atoms with Gasteiger partial charge in [-0.1, -0.05) is 6.07 Å². The molecule has 2 rings (SSSR count). The van der Waals surface area contributed by atoms with E-state index in [0.29, 0.717) is 0 Å².